The van der Waals surface area contributed by atoms with Crippen LogP contribution in [0.25, 0.3) is 0 Å². The molecule has 0 spiro atoms. The Balaban J connectivity index is 1.78. The van der Waals surface area contributed by atoms with E-state index in [9.17, 15) is 9.59 Å². The van der Waals surface area contributed by atoms with Crippen LogP contribution in [0, 0.1) is 11.8 Å². The molecule has 7 heteroatoms. The largest absolute Gasteiger partial charge is 0.443 e. The summed E-state index contributed by atoms with van der Waals surface area (Å²) in [6, 6.07) is 13.0. The Bertz CT molecular complexity index is 1060. The summed E-state index contributed by atoms with van der Waals surface area (Å²) in [7, 11) is 0. The molecule has 0 aromatic heterocycles. The van der Waals surface area contributed by atoms with Gasteiger partial charge in [-0.3, -0.25) is 4.79 Å². The van der Waals surface area contributed by atoms with Gasteiger partial charge in [0.15, 0.2) is 0 Å². The number of halogens is 3. The molecule has 4 nitrogen and oxygen atoms in total. The fourth-order valence-corrected chi connectivity index (χ4v) is 6.26. The van der Waals surface area contributed by atoms with Gasteiger partial charge in [-0.25, -0.2) is 9.69 Å². The van der Waals surface area contributed by atoms with Crippen molar-refractivity contribution in [3.63, 3.8) is 0 Å². The Morgan fingerprint density at radius 2 is 1.58 bits per heavy atom. The molecule has 2 amide bonds. The molecule has 0 N–H and O–H groups in total. The molecule has 176 valence electrons. The molecule has 5 atom stereocenters. The summed E-state index contributed by atoms with van der Waals surface area (Å²) in [6.45, 7) is 7.36. The van der Waals surface area contributed by atoms with E-state index in [-0.39, 0.29) is 35.6 Å². The molecule has 1 saturated carbocycles. The van der Waals surface area contributed by atoms with Crippen molar-refractivity contribution in [3.05, 3.63) is 68.7 Å². The number of hydrogen-bond donors (Lipinski definition) is 0. The van der Waals surface area contributed by atoms with Crippen LogP contribution < -0.4 is 0 Å². The van der Waals surface area contributed by atoms with E-state index in [2.05, 4.69) is 0 Å². The van der Waals surface area contributed by atoms with Gasteiger partial charge in [-0.15, -0.1) is 0 Å². The topological polar surface area (TPSA) is 46.6 Å². The molecule has 1 aliphatic carbocycles. The maximum absolute atomic E-state index is 13.4. The smallest absolute Gasteiger partial charge is 0.417 e. The molecule has 0 bridgehead atoms. The molecule has 0 radical (unpaired) electrons. The zero-order valence-electron chi connectivity index (χ0n) is 19.1. The van der Waals surface area contributed by atoms with Gasteiger partial charge in [0.25, 0.3) is 0 Å². The van der Waals surface area contributed by atoms with Crippen molar-refractivity contribution in [1.29, 1.82) is 0 Å². The number of fused-ring (bicyclic) bond motifs is 1. The minimum atomic E-state index is -0.681. The zero-order chi connectivity index (χ0) is 24.1. The Morgan fingerprint density at radius 1 is 0.970 bits per heavy atom. The highest BCUT2D eigenvalue weighted by molar-refractivity contribution is 6.35. The van der Waals surface area contributed by atoms with Gasteiger partial charge in [-0.2, -0.15) is 0 Å². The van der Waals surface area contributed by atoms with Crippen LogP contribution in [0.5, 0.6) is 0 Å². The molecule has 1 heterocycles. The van der Waals surface area contributed by atoms with Crippen molar-refractivity contribution in [3.8, 4) is 0 Å². The highest BCUT2D eigenvalue weighted by atomic mass is 35.5. The van der Waals surface area contributed by atoms with Gasteiger partial charge in [0.2, 0.25) is 5.91 Å². The molecule has 2 aromatic carbocycles. The van der Waals surface area contributed by atoms with Crippen molar-refractivity contribution in [1.82, 2.24) is 4.90 Å². The van der Waals surface area contributed by atoms with Gasteiger partial charge in [-0.05, 0) is 93.7 Å². The number of nitrogens with zero attached hydrogens (tertiary/aromatic N) is 1. The monoisotopic (exact) mass is 507 g/mol. The lowest BCUT2D eigenvalue weighted by atomic mass is 9.62. The van der Waals surface area contributed by atoms with Crippen molar-refractivity contribution < 1.29 is 14.3 Å². The standard InChI is InChI=1S/C26H28Cl3NO3/c1-14-22-20(24(31)30(14)25(32)33-26(2,3)4)12-11-19(18-10-9-17(28)13-21(18)29)23(22)15-5-7-16(27)8-6-15/h5-10,13-14,19-20,22-23H,11-12H2,1-4H3/t14-,19-,20-,22+,23-/m0/s1. The van der Waals surface area contributed by atoms with Crippen molar-refractivity contribution in [2.75, 3.05) is 0 Å². The normalized spacial score (nSPS) is 27.4. The lowest BCUT2D eigenvalue weighted by Crippen LogP contribution is -2.43. The van der Waals surface area contributed by atoms with Crippen LogP contribution >= 0.6 is 34.8 Å². The van der Waals surface area contributed by atoms with Gasteiger partial charge in [0, 0.05) is 27.0 Å². The van der Waals surface area contributed by atoms with Crippen LogP contribution in [-0.4, -0.2) is 28.5 Å². The summed E-state index contributed by atoms with van der Waals surface area (Å²) in [4.78, 5) is 27.7. The minimum Gasteiger partial charge on any atom is -0.443 e. The van der Waals surface area contributed by atoms with Gasteiger partial charge in [0.05, 0.1) is 0 Å². The van der Waals surface area contributed by atoms with Crippen molar-refractivity contribution in [2.24, 2.45) is 11.8 Å². The fourth-order valence-electron chi connectivity index (χ4n) is 5.58. The third-order valence-electron chi connectivity index (χ3n) is 6.83. The van der Waals surface area contributed by atoms with Crippen molar-refractivity contribution >= 4 is 46.8 Å². The van der Waals surface area contributed by atoms with E-state index < -0.39 is 11.7 Å². The molecular weight excluding hydrogens is 481 g/mol. The predicted molar refractivity (Wildman–Crippen MR) is 132 cm³/mol. The first-order chi connectivity index (χ1) is 15.5. The van der Waals surface area contributed by atoms with E-state index in [4.69, 9.17) is 39.5 Å². The Hall–Kier alpha value is -1.75. The average molecular weight is 509 g/mol. The second-order valence-electron chi connectivity index (χ2n) is 10.0. The quantitative estimate of drug-likeness (QED) is 0.417. The Labute approximate surface area is 210 Å². The number of benzene rings is 2. The average Bonchev–Trinajstić information content (AvgIpc) is 2.97. The van der Waals surface area contributed by atoms with Crippen LogP contribution in [0.15, 0.2) is 42.5 Å². The summed E-state index contributed by atoms with van der Waals surface area (Å²) in [5.41, 5.74) is 1.41. The summed E-state index contributed by atoms with van der Waals surface area (Å²) >= 11 is 19.0. The fraction of sp³-hybridized carbons (Fsp3) is 0.462. The molecule has 2 aliphatic rings. The van der Waals surface area contributed by atoms with Crippen LogP contribution in [0.2, 0.25) is 15.1 Å². The third kappa shape index (κ3) is 4.76. The first kappa shape index (κ1) is 24.4. The highest BCUT2D eigenvalue weighted by Crippen LogP contribution is 2.56. The molecule has 2 fully saturated rings. The van der Waals surface area contributed by atoms with Crippen LogP contribution in [0.4, 0.5) is 4.79 Å². The second kappa shape index (κ2) is 9.13. The number of ether oxygens (including phenoxy) is 1. The number of imide groups is 1. The number of likely N-dealkylation sites (tertiary alicyclic amines) is 1. The van der Waals surface area contributed by atoms with Gasteiger partial charge in [0.1, 0.15) is 5.60 Å². The van der Waals surface area contributed by atoms with Crippen LogP contribution in [0.1, 0.15) is 63.5 Å². The number of carbonyl (C=O) groups excluding carboxylic acids is 2. The maximum Gasteiger partial charge on any atom is 0.417 e. The molecule has 1 saturated heterocycles. The van der Waals surface area contributed by atoms with Gasteiger partial charge >= 0.3 is 6.09 Å². The lowest BCUT2D eigenvalue weighted by molar-refractivity contribution is -0.131. The second-order valence-corrected chi connectivity index (χ2v) is 11.3. The Kier molecular flexibility index (Phi) is 6.74. The SMILES string of the molecule is C[C@H]1[C@H]2[C@@H](c3ccc(Cl)cc3)[C@H](c3ccc(Cl)cc3Cl)CC[C@@H]2C(=O)N1C(=O)OC(C)(C)C. The molecule has 1 aliphatic heterocycles. The first-order valence-electron chi connectivity index (χ1n) is 11.2. The number of hydrogen-bond acceptors (Lipinski definition) is 3. The summed E-state index contributed by atoms with van der Waals surface area (Å²) < 4.78 is 5.58. The molecule has 33 heavy (non-hydrogen) atoms. The van der Waals surface area contributed by atoms with Crippen LogP contribution in [-0.2, 0) is 9.53 Å². The third-order valence-corrected chi connectivity index (χ3v) is 7.64. The minimum absolute atomic E-state index is 0.0221. The first-order valence-corrected chi connectivity index (χ1v) is 12.4. The predicted octanol–water partition coefficient (Wildman–Crippen LogP) is 7.71. The molecule has 0 unspecified atom stereocenters. The van der Waals surface area contributed by atoms with Crippen LogP contribution in [0.3, 0.4) is 0 Å². The molecular formula is C26H28Cl3NO3. The summed E-state index contributed by atoms with van der Waals surface area (Å²) in [6.07, 6.45) is 0.877. The zero-order valence-corrected chi connectivity index (χ0v) is 21.4. The van der Waals surface area contributed by atoms with E-state index in [1.165, 1.54) is 4.90 Å². The summed E-state index contributed by atoms with van der Waals surface area (Å²) in [5.74, 6) is -0.425. The molecule has 4 rings (SSSR count). The number of carbonyl (C=O) groups is 2. The highest BCUT2D eigenvalue weighted by Gasteiger charge is 2.56. The lowest BCUT2D eigenvalue weighted by Gasteiger charge is -2.41. The van der Waals surface area contributed by atoms with Crippen molar-refractivity contribution in [2.45, 2.75) is 64.0 Å². The van der Waals surface area contributed by atoms with E-state index >= 15 is 0 Å². The van der Waals surface area contributed by atoms with E-state index in [0.717, 1.165) is 17.5 Å². The van der Waals surface area contributed by atoms with E-state index in [1.807, 2.05) is 43.3 Å². The Morgan fingerprint density at radius 3 is 2.18 bits per heavy atom. The molecule has 2 aromatic rings. The van der Waals surface area contributed by atoms with Gasteiger partial charge < -0.3 is 4.74 Å². The number of amides is 2. The number of rotatable bonds is 2. The summed E-state index contributed by atoms with van der Waals surface area (Å²) in [5, 5.41) is 1.85. The maximum atomic E-state index is 13.4. The van der Waals surface area contributed by atoms with Gasteiger partial charge in [-0.1, -0.05) is 53.0 Å². The van der Waals surface area contributed by atoms with E-state index in [0.29, 0.717) is 21.5 Å². The van der Waals surface area contributed by atoms with E-state index in [1.54, 1.807) is 26.8 Å².